The van der Waals surface area contributed by atoms with Crippen molar-refractivity contribution in [3.8, 4) is 11.6 Å². The number of aliphatic imine (C=N–C) groups is 1. The van der Waals surface area contributed by atoms with Crippen LogP contribution in [0.25, 0.3) is 16.5 Å². The van der Waals surface area contributed by atoms with Crippen molar-refractivity contribution in [3.63, 3.8) is 0 Å². The Morgan fingerprint density at radius 1 is 1.00 bits per heavy atom. The van der Waals surface area contributed by atoms with Gasteiger partial charge in [0.05, 0.1) is 24.5 Å². The molecule has 6 heteroatoms. The summed E-state index contributed by atoms with van der Waals surface area (Å²) in [5.74, 6) is -0.0498. The maximum Gasteiger partial charge on any atom is 0.265 e. The van der Waals surface area contributed by atoms with Crippen LogP contribution in [0, 0.1) is 0 Å². The van der Waals surface area contributed by atoms with Gasteiger partial charge in [-0.15, -0.1) is 0 Å². The molecular formula is C27H33N3O3. The van der Waals surface area contributed by atoms with E-state index in [-0.39, 0.29) is 11.4 Å². The second-order valence-corrected chi connectivity index (χ2v) is 8.40. The van der Waals surface area contributed by atoms with E-state index in [1.165, 1.54) is 4.57 Å². The summed E-state index contributed by atoms with van der Waals surface area (Å²) >= 11 is 0. The average Bonchev–Trinajstić information content (AvgIpc) is 2.86. The number of hydrogen-bond acceptors (Lipinski definition) is 5. The van der Waals surface area contributed by atoms with Crippen LogP contribution in [0.3, 0.4) is 0 Å². The smallest absolute Gasteiger partial charge is 0.265 e. The molecule has 0 amide bonds. The van der Waals surface area contributed by atoms with Gasteiger partial charge in [-0.25, -0.2) is 4.57 Å². The lowest BCUT2D eigenvalue weighted by Crippen LogP contribution is -2.37. The van der Waals surface area contributed by atoms with Crippen LogP contribution in [-0.4, -0.2) is 60.2 Å². The Kier molecular flexibility index (Phi) is 7.57. The number of benzene rings is 2. The number of pyridine rings is 1. The highest BCUT2D eigenvalue weighted by Crippen LogP contribution is 2.29. The molecule has 1 saturated heterocycles. The molecule has 2 aromatic carbocycles. The predicted octanol–water partition coefficient (Wildman–Crippen LogP) is 3.96. The van der Waals surface area contributed by atoms with E-state index in [0.717, 1.165) is 74.3 Å². The number of rotatable bonds is 8. The minimum Gasteiger partial charge on any atom is -0.494 e. The zero-order valence-corrected chi connectivity index (χ0v) is 19.6. The lowest BCUT2D eigenvalue weighted by molar-refractivity contribution is 0.0377. The Bertz CT molecular complexity index is 1170. The second kappa shape index (κ2) is 10.8. The molecule has 0 atom stereocenters. The van der Waals surface area contributed by atoms with Crippen LogP contribution in [-0.2, 0) is 17.6 Å². The number of aromatic nitrogens is 1. The Morgan fingerprint density at radius 2 is 1.67 bits per heavy atom. The fraction of sp³-hybridized carbons (Fsp3) is 0.407. The summed E-state index contributed by atoms with van der Waals surface area (Å²) in [6.45, 7) is 9.31. The van der Waals surface area contributed by atoms with Gasteiger partial charge in [0.2, 0.25) is 5.88 Å². The summed E-state index contributed by atoms with van der Waals surface area (Å²) in [5.41, 5.74) is 3.25. The first-order chi connectivity index (χ1) is 16.2. The summed E-state index contributed by atoms with van der Waals surface area (Å²) in [5, 5.41) is 12.7. The lowest BCUT2D eigenvalue weighted by atomic mass is 10.0. The molecule has 0 aliphatic carbocycles. The molecule has 1 aliphatic rings. The molecule has 1 aromatic heterocycles. The Morgan fingerprint density at radius 3 is 2.33 bits per heavy atom. The van der Waals surface area contributed by atoms with E-state index in [4.69, 9.17) is 4.74 Å². The van der Waals surface area contributed by atoms with Crippen LogP contribution in [0.4, 0.5) is 0 Å². The molecule has 0 spiro atoms. The SMILES string of the molecule is CCc1cccc(CC)c1-n1c(O)c(C=NCCCN2CCOCC2)c2ccccc2c1=O. The van der Waals surface area contributed by atoms with Gasteiger partial charge in [-0.1, -0.05) is 50.2 Å². The quantitative estimate of drug-likeness (QED) is 0.419. The van der Waals surface area contributed by atoms with Crippen molar-refractivity contribution >= 4 is 17.0 Å². The third-order valence-corrected chi connectivity index (χ3v) is 6.38. The van der Waals surface area contributed by atoms with Gasteiger partial charge >= 0.3 is 0 Å². The van der Waals surface area contributed by atoms with E-state index in [9.17, 15) is 9.90 Å². The zero-order valence-electron chi connectivity index (χ0n) is 19.6. The maximum absolute atomic E-state index is 13.5. The third kappa shape index (κ3) is 4.87. The highest BCUT2D eigenvalue weighted by Gasteiger charge is 2.19. The average molecular weight is 448 g/mol. The molecule has 6 nitrogen and oxygen atoms in total. The van der Waals surface area contributed by atoms with Crippen molar-refractivity contribution in [2.45, 2.75) is 33.1 Å². The maximum atomic E-state index is 13.5. The normalized spacial score (nSPS) is 15.0. The van der Waals surface area contributed by atoms with Gasteiger partial charge in [-0.3, -0.25) is 14.7 Å². The molecule has 0 radical (unpaired) electrons. The van der Waals surface area contributed by atoms with Crippen LogP contribution in [0.5, 0.6) is 5.88 Å². The number of nitrogens with zero attached hydrogens (tertiary/aromatic N) is 3. The molecular weight excluding hydrogens is 414 g/mol. The molecule has 1 aliphatic heterocycles. The summed E-state index contributed by atoms with van der Waals surface area (Å²) in [7, 11) is 0. The zero-order chi connectivity index (χ0) is 23.2. The third-order valence-electron chi connectivity index (χ3n) is 6.38. The largest absolute Gasteiger partial charge is 0.494 e. The summed E-state index contributed by atoms with van der Waals surface area (Å²) in [4.78, 5) is 20.5. The number of fused-ring (bicyclic) bond motifs is 1. The highest BCUT2D eigenvalue weighted by atomic mass is 16.5. The van der Waals surface area contributed by atoms with Gasteiger partial charge in [0.25, 0.3) is 5.56 Å². The number of morpholine rings is 1. The van der Waals surface area contributed by atoms with Gasteiger partial charge < -0.3 is 9.84 Å². The first-order valence-electron chi connectivity index (χ1n) is 11.9. The minimum absolute atomic E-state index is 0.0498. The second-order valence-electron chi connectivity index (χ2n) is 8.40. The Labute approximate surface area is 195 Å². The van der Waals surface area contributed by atoms with E-state index in [2.05, 4.69) is 23.7 Å². The van der Waals surface area contributed by atoms with Crippen molar-refractivity contribution in [2.24, 2.45) is 4.99 Å². The molecule has 0 unspecified atom stereocenters. The predicted molar refractivity (Wildman–Crippen MR) is 134 cm³/mol. The molecule has 3 aromatic rings. The van der Waals surface area contributed by atoms with Crippen LogP contribution in [0.1, 0.15) is 37.0 Å². The fourth-order valence-electron chi connectivity index (χ4n) is 4.57. The lowest BCUT2D eigenvalue weighted by Gasteiger charge is -2.26. The summed E-state index contributed by atoms with van der Waals surface area (Å²) in [6.07, 6.45) is 4.21. The van der Waals surface area contributed by atoms with Gasteiger partial charge in [-0.2, -0.15) is 0 Å². The Hall–Kier alpha value is -2.96. The van der Waals surface area contributed by atoms with E-state index in [1.807, 2.05) is 42.5 Å². The molecule has 1 N–H and O–H groups in total. The van der Waals surface area contributed by atoms with Gasteiger partial charge in [0, 0.05) is 43.2 Å². The van der Waals surface area contributed by atoms with E-state index >= 15 is 0 Å². The summed E-state index contributed by atoms with van der Waals surface area (Å²) in [6, 6.07) is 13.5. The number of aryl methyl sites for hydroxylation is 2. The molecule has 33 heavy (non-hydrogen) atoms. The monoisotopic (exact) mass is 447 g/mol. The standard InChI is InChI=1S/C27H33N3O3/c1-3-20-9-7-10-21(4-2)25(20)30-26(31)23-12-6-5-11-22(23)24(27(30)32)19-28-13-8-14-29-15-17-33-18-16-29/h5-7,9-12,19,32H,3-4,8,13-18H2,1-2H3. The van der Waals surface area contributed by atoms with Crippen molar-refractivity contribution in [2.75, 3.05) is 39.4 Å². The van der Waals surface area contributed by atoms with Crippen molar-refractivity contribution < 1.29 is 9.84 Å². The molecule has 4 rings (SSSR count). The number of para-hydroxylation sites is 1. The minimum atomic E-state index is -0.205. The molecule has 1 fully saturated rings. The fourth-order valence-corrected chi connectivity index (χ4v) is 4.57. The van der Waals surface area contributed by atoms with Crippen LogP contribution in [0.2, 0.25) is 0 Å². The number of aromatic hydroxyl groups is 1. The van der Waals surface area contributed by atoms with Crippen LogP contribution in [0.15, 0.2) is 52.3 Å². The molecule has 2 heterocycles. The Balaban J connectivity index is 1.73. The molecule has 0 bridgehead atoms. The van der Waals surface area contributed by atoms with Gasteiger partial charge in [-0.05, 0) is 36.5 Å². The van der Waals surface area contributed by atoms with E-state index in [0.29, 0.717) is 17.5 Å². The first-order valence-corrected chi connectivity index (χ1v) is 11.9. The van der Waals surface area contributed by atoms with Crippen molar-refractivity contribution in [3.05, 3.63) is 69.5 Å². The van der Waals surface area contributed by atoms with E-state index < -0.39 is 0 Å². The van der Waals surface area contributed by atoms with Crippen LogP contribution < -0.4 is 5.56 Å². The van der Waals surface area contributed by atoms with E-state index in [1.54, 1.807) is 6.21 Å². The number of ether oxygens (including phenoxy) is 1. The molecule has 174 valence electrons. The van der Waals surface area contributed by atoms with Crippen molar-refractivity contribution in [1.29, 1.82) is 0 Å². The van der Waals surface area contributed by atoms with Crippen molar-refractivity contribution in [1.82, 2.24) is 9.47 Å². The van der Waals surface area contributed by atoms with Crippen LogP contribution >= 0.6 is 0 Å². The number of hydrogen-bond donors (Lipinski definition) is 1. The first kappa shape index (κ1) is 23.2. The topological polar surface area (TPSA) is 67.1 Å². The molecule has 0 saturated carbocycles. The van der Waals surface area contributed by atoms with Gasteiger partial charge in [0.15, 0.2) is 0 Å². The highest BCUT2D eigenvalue weighted by molar-refractivity contribution is 6.01. The summed E-state index contributed by atoms with van der Waals surface area (Å²) < 4.78 is 6.88. The van der Waals surface area contributed by atoms with Gasteiger partial charge in [0.1, 0.15) is 0 Å².